The molecule has 2 fully saturated rings. The first-order valence-corrected chi connectivity index (χ1v) is 27.6. The summed E-state index contributed by atoms with van der Waals surface area (Å²) in [5.41, 5.74) is 30.5. The molecule has 0 aromatic heterocycles. The summed E-state index contributed by atoms with van der Waals surface area (Å²) in [5.74, 6) is 4.73. The molecule has 11 aliphatic rings. The molecule has 0 aliphatic heterocycles. The van der Waals surface area contributed by atoms with Gasteiger partial charge in [-0.15, -0.1) is 0 Å². The molecule has 350 valence electrons. The number of rotatable bonds is 9. The molecule has 0 saturated heterocycles. The summed E-state index contributed by atoms with van der Waals surface area (Å²) in [6.45, 7) is 5.17. The molecule has 4 N–H and O–H groups in total. The number of hydrogen-bond acceptors (Lipinski definition) is 2. The second-order valence-electron chi connectivity index (χ2n) is 24.3. The molecule has 67 heavy (non-hydrogen) atoms. The monoisotopic (exact) mass is 889 g/mol. The Hall–Kier alpha value is -3.98. The van der Waals surface area contributed by atoms with Gasteiger partial charge in [-0.3, -0.25) is 0 Å². The van der Waals surface area contributed by atoms with E-state index in [0.29, 0.717) is 47.3 Å². The van der Waals surface area contributed by atoms with Gasteiger partial charge in [-0.2, -0.15) is 0 Å². The van der Waals surface area contributed by atoms with Gasteiger partial charge in [0.15, 0.2) is 0 Å². The van der Waals surface area contributed by atoms with E-state index in [-0.39, 0.29) is 10.8 Å². The first kappa shape index (κ1) is 44.2. The highest BCUT2D eigenvalue weighted by Gasteiger charge is 2.61. The van der Waals surface area contributed by atoms with Crippen molar-refractivity contribution in [3.8, 4) is 0 Å². The maximum Gasteiger partial charge on any atom is 0.0532 e. The molecule has 11 aliphatic carbocycles. The fourth-order valence-electron chi connectivity index (χ4n) is 17.5. The summed E-state index contributed by atoms with van der Waals surface area (Å²) in [6, 6.07) is 11.8. The molecule has 1 aromatic carbocycles. The Morgan fingerprint density at radius 3 is 2.45 bits per heavy atom. The lowest BCUT2D eigenvalue weighted by atomic mass is 9.53. The van der Waals surface area contributed by atoms with Crippen molar-refractivity contribution in [1.29, 1.82) is 0 Å². The second-order valence-corrected chi connectivity index (χ2v) is 24.3. The van der Waals surface area contributed by atoms with Crippen molar-refractivity contribution in [3.63, 3.8) is 0 Å². The number of allylic oxidation sites excluding steroid dienone is 21. The number of hydrogen-bond donors (Lipinski definition) is 2. The van der Waals surface area contributed by atoms with Gasteiger partial charge in [-0.05, 0) is 185 Å². The zero-order valence-corrected chi connectivity index (χ0v) is 41.1. The molecule has 0 bridgehead atoms. The van der Waals surface area contributed by atoms with Gasteiger partial charge in [0.1, 0.15) is 0 Å². The lowest BCUT2D eigenvalue weighted by Gasteiger charge is -2.54. The minimum atomic E-state index is -0.718. The molecular formula is C65H80N2. The van der Waals surface area contributed by atoms with Gasteiger partial charge in [-0.25, -0.2) is 0 Å². The summed E-state index contributed by atoms with van der Waals surface area (Å²) >= 11 is 0. The zero-order valence-electron chi connectivity index (χ0n) is 41.1. The van der Waals surface area contributed by atoms with Crippen LogP contribution in [0.3, 0.4) is 0 Å². The van der Waals surface area contributed by atoms with Crippen molar-refractivity contribution in [2.45, 2.75) is 159 Å². The van der Waals surface area contributed by atoms with E-state index >= 15 is 0 Å². The van der Waals surface area contributed by atoms with Crippen molar-refractivity contribution in [2.75, 3.05) is 0 Å². The molecular weight excluding hydrogens is 809 g/mol. The topological polar surface area (TPSA) is 52.0 Å². The molecule has 1 aromatic rings. The summed E-state index contributed by atoms with van der Waals surface area (Å²) in [6.07, 6.45) is 63.8. The molecule has 0 heterocycles. The lowest BCUT2D eigenvalue weighted by Crippen LogP contribution is -2.67. The molecule has 2 nitrogen and oxygen atoms in total. The maximum atomic E-state index is 8.68. The minimum absolute atomic E-state index is 0.158. The van der Waals surface area contributed by atoms with Crippen molar-refractivity contribution >= 4 is 0 Å². The highest BCUT2D eigenvalue weighted by atomic mass is 14.9. The minimum Gasteiger partial charge on any atom is -0.323 e. The van der Waals surface area contributed by atoms with Crippen LogP contribution in [0.25, 0.3) is 0 Å². The third-order valence-electron chi connectivity index (χ3n) is 20.6. The number of fused-ring (bicyclic) bond motifs is 6. The first-order valence-electron chi connectivity index (χ1n) is 27.6. The van der Waals surface area contributed by atoms with E-state index in [2.05, 4.69) is 141 Å². The maximum absolute atomic E-state index is 8.68. The summed E-state index contributed by atoms with van der Waals surface area (Å²) in [5, 5.41) is 0. The standard InChI is InChI=1S/C65H80N2/c1-62(2)57-33-16-15-31-56(57)61-47(24-19-35-59(61)62)42-64(67,41-44-38-48(45-20-6-3-7-21-45)40-49(39-44)53-32-18-23-46-22-12-13-29-52(46)53)63(66)37-36-55-54-30-14-17-34-58(54)65(60(55)43-63,50-25-8-4-9-26-50)51-27-10-5-11-28-51/h3-4,6-9,14-15,18-20,24-27,30-32,36-37,39,45-46,48-49,55-57,59-60H,5,10-13,16-17,21-23,28-29,33-35,38,40-43,66-67H2,1-2H3/t45?,46?,48?,49?,55?,56?,57?,59?,60?,63?,64-,65?/m1/s1. The number of nitrogens with two attached hydrogens (primary N) is 2. The van der Waals surface area contributed by atoms with Crippen molar-refractivity contribution in [1.82, 2.24) is 0 Å². The molecule has 12 rings (SSSR count). The van der Waals surface area contributed by atoms with Gasteiger partial charge in [0.05, 0.1) is 5.54 Å². The summed E-state index contributed by atoms with van der Waals surface area (Å²) in [7, 11) is 0. The highest BCUT2D eigenvalue weighted by molar-refractivity contribution is 5.60. The normalized spacial score (nSPS) is 39.1. The molecule has 12 atom stereocenters. The summed E-state index contributed by atoms with van der Waals surface area (Å²) < 4.78 is 0. The highest BCUT2D eigenvalue weighted by Crippen LogP contribution is 2.66. The van der Waals surface area contributed by atoms with Crippen LogP contribution in [0.1, 0.15) is 148 Å². The predicted octanol–water partition coefficient (Wildman–Crippen LogP) is 15.5. The average molecular weight is 889 g/mol. The van der Waals surface area contributed by atoms with Crippen LogP contribution in [-0.4, -0.2) is 11.1 Å². The smallest absolute Gasteiger partial charge is 0.0532 e. The predicted molar refractivity (Wildman–Crippen MR) is 281 cm³/mol. The third kappa shape index (κ3) is 7.29. The average Bonchev–Trinajstić information content (AvgIpc) is 3.79. The van der Waals surface area contributed by atoms with Crippen LogP contribution in [0.5, 0.6) is 0 Å². The van der Waals surface area contributed by atoms with Gasteiger partial charge in [0, 0.05) is 28.7 Å². The van der Waals surface area contributed by atoms with Crippen LogP contribution in [0.4, 0.5) is 0 Å². The molecule has 0 amide bonds. The van der Waals surface area contributed by atoms with Gasteiger partial charge < -0.3 is 11.5 Å². The van der Waals surface area contributed by atoms with Crippen LogP contribution >= 0.6 is 0 Å². The van der Waals surface area contributed by atoms with Crippen LogP contribution in [-0.2, 0) is 5.41 Å². The quantitative estimate of drug-likeness (QED) is 0.243. The van der Waals surface area contributed by atoms with Gasteiger partial charge >= 0.3 is 0 Å². The van der Waals surface area contributed by atoms with Gasteiger partial charge in [0.2, 0.25) is 0 Å². The van der Waals surface area contributed by atoms with Crippen molar-refractivity contribution in [2.24, 2.45) is 70.1 Å². The number of benzene rings is 1. The Balaban J connectivity index is 1.01. The van der Waals surface area contributed by atoms with E-state index in [1.165, 1.54) is 88.2 Å². The van der Waals surface area contributed by atoms with Gasteiger partial charge in [-0.1, -0.05) is 176 Å². The molecule has 0 radical (unpaired) electrons. The fraction of sp³-hybridized carbons (Fsp3) is 0.538. The van der Waals surface area contributed by atoms with Crippen LogP contribution in [0.2, 0.25) is 0 Å². The van der Waals surface area contributed by atoms with E-state index in [1.54, 1.807) is 39.0 Å². The van der Waals surface area contributed by atoms with E-state index in [1.807, 2.05) is 0 Å². The van der Waals surface area contributed by atoms with Crippen LogP contribution < -0.4 is 11.5 Å². The second kappa shape index (κ2) is 17.5. The summed E-state index contributed by atoms with van der Waals surface area (Å²) in [4.78, 5) is 0. The zero-order chi connectivity index (χ0) is 45.4. The van der Waals surface area contributed by atoms with E-state index in [9.17, 15) is 0 Å². The van der Waals surface area contributed by atoms with Crippen LogP contribution in [0, 0.1) is 58.7 Å². The van der Waals surface area contributed by atoms with E-state index in [4.69, 9.17) is 11.5 Å². The Kier molecular flexibility index (Phi) is 11.5. The van der Waals surface area contributed by atoms with E-state index in [0.717, 1.165) is 57.3 Å². The molecule has 11 unspecified atom stereocenters. The fourth-order valence-corrected chi connectivity index (χ4v) is 17.5. The molecule has 0 spiro atoms. The van der Waals surface area contributed by atoms with E-state index < -0.39 is 11.1 Å². The molecule has 2 saturated carbocycles. The lowest BCUT2D eigenvalue weighted by molar-refractivity contribution is 0.163. The first-order chi connectivity index (χ1) is 32.7. The largest absolute Gasteiger partial charge is 0.323 e. The third-order valence-corrected chi connectivity index (χ3v) is 20.6. The Morgan fingerprint density at radius 1 is 0.731 bits per heavy atom. The SMILES string of the molecule is CC1(C)C2CC=CC(C[C@](N)(CC3=CC(C4=C5CCCCC5CC=C4)CC(C4C=CC=CC4)C3)C3(N)C=CC4C5=C(CCC=C5)C(C5=CCCCC5)(c5ccccc5)C4C3)=C2C2C=CCCC21. The van der Waals surface area contributed by atoms with Crippen molar-refractivity contribution < 1.29 is 0 Å². The Bertz CT molecular complexity index is 2500. The Labute approximate surface area is 404 Å². The van der Waals surface area contributed by atoms with Crippen molar-refractivity contribution in [3.05, 3.63) is 178 Å². The van der Waals surface area contributed by atoms with Crippen LogP contribution in [0.15, 0.2) is 172 Å². The Morgan fingerprint density at radius 2 is 1.60 bits per heavy atom. The molecule has 2 heteroatoms. The van der Waals surface area contributed by atoms with Gasteiger partial charge in [0.25, 0.3) is 0 Å².